The molecule has 3 aromatic rings. The predicted octanol–water partition coefficient (Wildman–Crippen LogP) is 4.29. The quantitative estimate of drug-likeness (QED) is 0.711. The van der Waals surface area contributed by atoms with Crippen molar-refractivity contribution in [3.05, 3.63) is 52.7 Å². The first kappa shape index (κ1) is 16.7. The third-order valence-electron chi connectivity index (χ3n) is 3.48. The van der Waals surface area contributed by atoms with Gasteiger partial charge in [0.05, 0.1) is 17.1 Å². The van der Waals surface area contributed by atoms with Crippen molar-refractivity contribution in [2.45, 2.75) is 19.6 Å². The SMILES string of the molecule is Cc1noc(C)c1CSCC(=O)Nc1nc(-c2ccccc2)cs1. The molecule has 1 N–H and O–H groups in total. The van der Waals surface area contributed by atoms with Gasteiger partial charge in [0.2, 0.25) is 5.91 Å². The Balaban J connectivity index is 1.51. The van der Waals surface area contributed by atoms with Crippen molar-refractivity contribution in [1.29, 1.82) is 0 Å². The van der Waals surface area contributed by atoms with Gasteiger partial charge in [-0.05, 0) is 13.8 Å². The molecular weight excluding hydrogens is 342 g/mol. The van der Waals surface area contributed by atoms with Crippen LogP contribution in [0.5, 0.6) is 0 Å². The second kappa shape index (κ2) is 7.63. The van der Waals surface area contributed by atoms with Gasteiger partial charge in [-0.3, -0.25) is 4.79 Å². The Kier molecular flexibility index (Phi) is 5.32. The van der Waals surface area contributed by atoms with E-state index < -0.39 is 0 Å². The Hall–Kier alpha value is -2.12. The summed E-state index contributed by atoms with van der Waals surface area (Å²) in [6.07, 6.45) is 0. The second-order valence-electron chi connectivity index (χ2n) is 5.25. The average Bonchev–Trinajstić information content (AvgIpc) is 3.17. The molecule has 3 rings (SSSR count). The molecule has 0 bridgehead atoms. The molecule has 0 spiro atoms. The van der Waals surface area contributed by atoms with Gasteiger partial charge in [0.15, 0.2) is 5.13 Å². The third kappa shape index (κ3) is 4.04. The summed E-state index contributed by atoms with van der Waals surface area (Å²) in [6, 6.07) is 9.91. The standard InChI is InChI=1S/C17H17N3O2S2/c1-11-14(12(2)22-20-11)8-23-10-16(21)19-17-18-15(9-24-17)13-6-4-3-5-7-13/h3-7,9H,8,10H2,1-2H3,(H,18,19,21). The molecule has 7 heteroatoms. The van der Waals surface area contributed by atoms with E-state index in [-0.39, 0.29) is 5.91 Å². The zero-order chi connectivity index (χ0) is 16.9. The maximum Gasteiger partial charge on any atom is 0.236 e. The van der Waals surface area contributed by atoms with Gasteiger partial charge in [-0.2, -0.15) is 0 Å². The zero-order valence-electron chi connectivity index (χ0n) is 13.4. The van der Waals surface area contributed by atoms with E-state index in [2.05, 4.69) is 15.5 Å². The highest BCUT2D eigenvalue weighted by Gasteiger charge is 2.11. The van der Waals surface area contributed by atoms with Gasteiger partial charge in [-0.1, -0.05) is 35.5 Å². The number of thiazole rings is 1. The van der Waals surface area contributed by atoms with Crippen LogP contribution in [0.1, 0.15) is 17.0 Å². The molecule has 124 valence electrons. The van der Waals surface area contributed by atoms with E-state index in [9.17, 15) is 4.79 Å². The number of aryl methyl sites for hydroxylation is 2. The normalized spacial score (nSPS) is 10.8. The van der Waals surface area contributed by atoms with Crippen LogP contribution in [-0.4, -0.2) is 21.8 Å². The van der Waals surface area contributed by atoms with E-state index in [1.807, 2.05) is 49.6 Å². The van der Waals surface area contributed by atoms with E-state index in [4.69, 9.17) is 4.52 Å². The largest absolute Gasteiger partial charge is 0.361 e. The highest BCUT2D eigenvalue weighted by molar-refractivity contribution is 7.99. The molecule has 2 aromatic heterocycles. The predicted molar refractivity (Wildman–Crippen MR) is 98.3 cm³/mol. The summed E-state index contributed by atoms with van der Waals surface area (Å²) < 4.78 is 5.12. The molecule has 0 saturated heterocycles. The monoisotopic (exact) mass is 359 g/mol. The molecule has 0 aliphatic rings. The second-order valence-corrected chi connectivity index (χ2v) is 7.09. The summed E-state index contributed by atoms with van der Waals surface area (Å²) >= 11 is 2.97. The van der Waals surface area contributed by atoms with Crippen LogP contribution >= 0.6 is 23.1 Å². The number of nitrogens with zero attached hydrogens (tertiary/aromatic N) is 2. The van der Waals surface area contributed by atoms with Crippen molar-refractivity contribution in [2.24, 2.45) is 0 Å². The average molecular weight is 359 g/mol. The lowest BCUT2D eigenvalue weighted by molar-refractivity contribution is -0.113. The van der Waals surface area contributed by atoms with E-state index in [1.54, 1.807) is 0 Å². The van der Waals surface area contributed by atoms with Gasteiger partial charge in [0, 0.05) is 22.3 Å². The Morgan fingerprint density at radius 2 is 2.08 bits per heavy atom. The van der Waals surface area contributed by atoms with E-state index >= 15 is 0 Å². The van der Waals surface area contributed by atoms with Gasteiger partial charge < -0.3 is 9.84 Å². The lowest BCUT2D eigenvalue weighted by atomic mass is 10.2. The van der Waals surface area contributed by atoms with E-state index in [0.29, 0.717) is 16.6 Å². The summed E-state index contributed by atoms with van der Waals surface area (Å²) in [7, 11) is 0. The number of benzene rings is 1. The van der Waals surface area contributed by atoms with Crippen LogP contribution in [0, 0.1) is 13.8 Å². The topological polar surface area (TPSA) is 68.0 Å². The Morgan fingerprint density at radius 1 is 1.29 bits per heavy atom. The lowest BCUT2D eigenvalue weighted by Gasteiger charge is -2.02. The molecule has 1 amide bonds. The third-order valence-corrected chi connectivity index (χ3v) is 5.20. The number of hydrogen-bond donors (Lipinski definition) is 1. The minimum absolute atomic E-state index is 0.0549. The number of thioether (sulfide) groups is 1. The van der Waals surface area contributed by atoms with Crippen molar-refractivity contribution in [2.75, 3.05) is 11.1 Å². The number of amides is 1. The summed E-state index contributed by atoms with van der Waals surface area (Å²) in [5, 5.41) is 9.33. The fraction of sp³-hybridized carbons (Fsp3) is 0.235. The van der Waals surface area contributed by atoms with Crippen LogP contribution in [-0.2, 0) is 10.5 Å². The van der Waals surface area contributed by atoms with Crippen molar-refractivity contribution in [1.82, 2.24) is 10.1 Å². The number of rotatable bonds is 6. The number of carbonyl (C=O) groups is 1. The minimum atomic E-state index is -0.0549. The van der Waals surface area contributed by atoms with Crippen molar-refractivity contribution in [3.8, 4) is 11.3 Å². The molecule has 24 heavy (non-hydrogen) atoms. The van der Waals surface area contributed by atoms with E-state index in [0.717, 1.165) is 28.3 Å². The lowest BCUT2D eigenvalue weighted by Crippen LogP contribution is -2.14. The highest BCUT2D eigenvalue weighted by Crippen LogP contribution is 2.25. The van der Waals surface area contributed by atoms with E-state index in [1.165, 1.54) is 23.1 Å². The Bertz CT molecular complexity index is 808. The summed E-state index contributed by atoms with van der Waals surface area (Å²) in [4.78, 5) is 16.5. The van der Waals surface area contributed by atoms with Gasteiger partial charge in [-0.15, -0.1) is 23.1 Å². The molecule has 0 aliphatic carbocycles. The fourth-order valence-corrected chi connectivity index (χ4v) is 3.89. The van der Waals surface area contributed by atoms with Crippen molar-refractivity contribution >= 4 is 34.1 Å². The van der Waals surface area contributed by atoms with Crippen LogP contribution < -0.4 is 5.32 Å². The number of hydrogen-bond acceptors (Lipinski definition) is 6. The van der Waals surface area contributed by atoms with Crippen LogP contribution in [0.2, 0.25) is 0 Å². The molecule has 0 saturated carbocycles. The van der Waals surface area contributed by atoms with Crippen LogP contribution in [0.4, 0.5) is 5.13 Å². The van der Waals surface area contributed by atoms with Gasteiger partial charge >= 0.3 is 0 Å². The van der Waals surface area contributed by atoms with Gasteiger partial charge in [0.25, 0.3) is 0 Å². The maximum absolute atomic E-state index is 12.1. The smallest absolute Gasteiger partial charge is 0.236 e. The molecule has 0 atom stereocenters. The molecule has 0 fully saturated rings. The molecule has 2 heterocycles. The fourth-order valence-electron chi connectivity index (χ4n) is 2.18. The molecular formula is C17H17N3O2S2. The van der Waals surface area contributed by atoms with Crippen LogP contribution in [0.15, 0.2) is 40.2 Å². The van der Waals surface area contributed by atoms with Crippen molar-refractivity contribution < 1.29 is 9.32 Å². The summed E-state index contributed by atoms with van der Waals surface area (Å²) in [5.74, 6) is 1.83. The molecule has 1 aromatic carbocycles. The molecule has 0 unspecified atom stereocenters. The molecule has 5 nitrogen and oxygen atoms in total. The number of anilines is 1. The van der Waals surface area contributed by atoms with Gasteiger partial charge in [-0.25, -0.2) is 4.98 Å². The van der Waals surface area contributed by atoms with Crippen LogP contribution in [0.25, 0.3) is 11.3 Å². The number of aromatic nitrogens is 2. The Labute approximate surface area is 148 Å². The molecule has 0 radical (unpaired) electrons. The number of carbonyl (C=O) groups excluding carboxylic acids is 1. The number of nitrogens with one attached hydrogen (secondary N) is 1. The summed E-state index contributed by atoms with van der Waals surface area (Å²) in [6.45, 7) is 3.80. The zero-order valence-corrected chi connectivity index (χ0v) is 15.0. The summed E-state index contributed by atoms with van der Waals surface area (Å²) in [5.41, 5.74) is 3.86. The first-order valence-corrected chi connectivity index (χ1v) is 9.47. The maximum atomic E-state index is 12.1. The highest BCUT2D eigenvalue weighted by atomic mass is 32.2. The first-order valence-electron chi connectivity index (χ1n) is 7.44. The van der Waals surface area contributed by atoms with Crippen molar-refractivity contribution in [3.63, 3.8) is 0 Å². The van der Waals surface area contributed by atoms with Crippen LogP contribution in [0.3, 0.4) is 0 Å². The first-order chi connectivity index (χ1) is 11.6. The van der Waals surface area contributed by atoms with Gasteiger partial charge in [0.1, 0.15) is 5.76 Å². The Morgan fingerprint density at radius 3 is 2.79 bits per heavy atom. The minimum Gasteiger partial charge on any atom is -0.361 e. The molecule has 0 aliphatic heterocycles.